The lowest BCUT2D eigenvalue weighted by molar-refractivity contribution is -0.145. The van der Waals surface area contributed by atoms with Crippen molar-refractivity contribution in [3.8, 4) is 0 Å². The van der Waals surface area contributed by atoms with Crippen LogP contribution in [0.4, 0.5) is 0 Å². The highest BCUT2D eigenvalue weighted by Crippen LogP contribution is 2.34. The predicted octanol–water partition coefficient (Wildman–Crippen LogP) is 3.59. The van der Waals surface area contributed by atoms with Crippen LogP contribution >= 0.6 is 11.6 Å². The van der Waals surface area contributed by atoms with Gasteiger partial charge in [0.1, 0.15) is 5.54 Å². The van der Waals surface area contributed by atoms with E-state index in [1.807, 2.05) is 24.3 Å². The van der Waals surface area contributed by atoms with Gasteiger partial charge in [-0.1, -0.05) is 54.1 Å². The van der Waals surface area contributed by atoms with E-state index in [0.717, 1.165) is 16.7 Å². The average Bonchev–Trinajstić information content (AvgIpc) is 2.95. The number of benzene rings is 1. The van der Waals surface area contributed by atoms with Crippen LogP contribution in [-0.2, 0) is 9.59 Å². The second kappa shape index (κ2) is 7.29. The summed E-state index contributed by atoms with van der Waals surface area (Å²) in [5.41, 5.74) is 1.70. The summed E-state index contributed by atoms with van der Waals surface area (Å²) in [6, 6.07) is 7.41. The third-order valence-electron chi connectivity index (χ3n) is 4.04. The molecule has 1 fully saturated rings. The molecule has 1 aromatic carbocycles. The average molecular weight is 332 g/mol. The summed E-state index contributed by atoms with van der Waals surface area (Å²) in [4.78, 5) is 22.1. The maximum Gasteiger partial charge on any atom is 0.329 e. The summed E-state index contributed by atoms with van der Waals surface area (Å²) in [6.07, 6.45) is 7.34. The number of allylic oxidation sites excluding steroid dienone is 4. The topological polar surface area (TPSA) is 66.4 Å². The van der Waals surface area contributed by atoms with Crippen molar-refractivity contribution in [2.75, 3.05) is 0 Å². The van der Waals surface area contributed by atoms with Crippen LogP contribution in [0.5, 0.6) is 0 Å². The third kappa shape index (κ3) is 3.90. The fraction of sp³-hybridized carbons (Fsp3) is 0.222. The van der Waals surface area contributed by atoms with E-state index in [1.165, 1.54) is 0 Å². The molecule has 4 nitrogen and oxygen atoms in total. The van der Waals surface area contributed by atoms with Gasteiger partial charge in [0.15, 0.2) is 0 Å². The molecule has 2 N–H and O–H groups in total. The zero-order chi connectivity index (χ0) is 16.9. The highest BCUT2D eigenvalue weighted by molar-refractivity contribution is 6.30. The van der Waals surface area contributed by atoms with Crippen molar-refractivity contribution in [1.82, 2.24) is 5.32 Å². The molecular formula is C18H18ClNO3. The minimum atomic E-state index is -1.18. The van der Waals surface area contributed by atoms with Gasteiger partial charge in [-0.05, 0) is 36.1 Å². The van der Waals surface area contributed by atoms with Crippen LogP contribution in [0, 0.1) is 0 Å². The second-order valence-electron chi connectivity index (χ2n) is 5.48. The first-order valence-electron chi connectivity index (χ1n) is 7.23. The van der Waals surface area contributed by atoms with Crippen LogP contribution in [0.3, 0.4) is 0 Å². The molecule has 120 valence electrons. The standard InChI is InChI=1S/C18H18ClNO3/c1-2-14(15-5-7-16(19)8-6-15)4-3-13-9-10-18(11-13,17(22)23)20-12-21/h2-8,12H,1,9-11H2,(H,20,21)(H,22,23)/b13-3+,14-4+. The number of hydrogen-bond donors (Lipinski definition) is 2. The van der Waals surface area contributed by atoms with E-state index in [4.69, 9.17) is 11.6 Å². The lowest BCUT2D eigenvalue weighted by Gasteiger charge is -2.22. The molecule has 0 spiro atoms. The molecule has 1 unspecified atom stereocenters. The first kappa shape index (κ1) is 17.0. The van der Waals surface area contributed by atoms with Crippen molar-refractivity contribution in [2.24, 2.45) is 0 Å². The molecule has 0 bridgehead atoms. The summed E-state index contributed by atoms with van der Waals surface area (Å²) in [5.74, 6) is -1.00. The highest BCUT2D eigenvalue weighted by atomic mass is 35.5. The van der Waals surface area contributed by atoms with Crippen LogP contribution in [0.15, 0.2) is 54.6 Å². The van der Waals surface area contributed by atoms with Crippen molar-refractivity contribution >= 4 is 29.6 Å². The van der Waals surface area contributed by atoms with E-state index in [9.17, 15) is 14.7 Å². The summed E-state index contributed by atoms with van der Waals surface area (Å²) in [6.45, 7) is 3.81. The molecule has 1 amide bonds. The summed E-state index contributed by atoms with van der Waals surface area (Å²) in [7, 11) is 0. The second-order valence-corrected chi connectivity index (χ2v) is 5.92. The zero-order valence-corrected chi connectivity index (χ0v) is 13.3. The third-order valence-corrected chi connectivity index (χ3v) is 4.29. The van der Waals surface area contributed by atoms with E-state index in [2.05, 4.69) is 11.9 Å². The van der Waals surface area contributed by atoms with Crippen molar-refractivity contribution < 1.29 is 14.7 Å². The number of aliphatic carboxylic acids is 1. The summed E-state index contributed by atoms with van der Waals surface area (Å²) in [5, 5.41) is 12.5. The molecule has 23 heavy (non-hydrogen) atoms. The number of carboxylic acid groups (broad SMARTS) is 1. The number of nitrogens with one attached hydrogen (secondary N) is 1. The molecule has 1 aromatic rings. The zero-order valence-electron chi connectivity index (χ0n) is 12.6. The summed E-state index contributed by atoms with van der Waals surface area (Å²) >= 11 is 5.88. The van der Waals surface area contributed by atoms with Crippen LogP contribution in [-0.4, -0.2) is 23.0 Å². The van der Waals surface area contributed by atoms with Gasteiger partial charge in [-0.2, -0.15) is 0 Å². The SMILES string of the molecule is C=C/C(=C\C=C1/CCC(NC=O)(C(=O)O)C1)c1ccc(Cl)cc1. The number of rotatable bonds is 6. The molecule has 0 aromatic heterocycles. The van der Waals surface area contributed by atoms with Crippen LogP contribution in [0.2, 0.25) is 5.02 Å². The van der Waals surface area contributed by atoms with Gasteiger partial charge in [0, 0.05) is 11.4 Å². The molecule has 1 atom stereocenters. The predicted molar refractivity (Wildman–Crippen MR) is 91.1 cm³/mol. The Morgan fingerprint density at radius 2 is 2.04 bits per heavy atom. The monoisotopic (exact) mass is 331 g/mol. The number of carboxylic acids is 1. The van der Waals surface area contributed by atoms with Gasteiger partial charge >= 0.3 is 5.97 Å². The maximum atomic E-state index is 11.4. The molecular weight excluding hydrogens is 314 g/mol. The molecule has 5 heteroatoms. The van der Waals surface area contributed by atoms with E-state index in [1.54, 1.807) is 18.2 Å². The van der Waals surface area contributed by atoms with Gasteiger partial charge in [-0.3, -0.25) is 4.79 Å². The van der Waals surface area contributed by atoms with E-state index >= 15 is 0 Å². The first-order valence-corrected chi connectivity index (χ1v) is 7.61. The Balaban J connectivity index is 2.21. The summed E-state index contributed by atoms with van der Waals surface area (Å²) < 4.78 is 0. The van der Waals surface area contributed by atoms with E-state index < -0.39 is 11.5 Å². The maximum absolute atomic E-state index is 11.4. The number of hydrogen-bond acceptors (Lipinski definition) is 2. The minimum Gasteiger partial charge on any atom is -0.479 e. The molecule has 1 aliphatic carbocycles. The highest BCUT2D eigenvalue weighted by Gasteiger charge is 2.42. The van der Waals surface area contributed by atoms with Crippen molar-refractivity contribution in [1.29, 1.82) is 0 Å². The Labute approximate surface area is 140 Å². The normalized spacial score (nSPS) is 22.8. The number of carbonyl (C=O) groups excluding carboxylic acids is 1. The van der Waals surface area contributed by atoms with Crippen molar-refractivity contribution in [2.45, 2.75) is 24.8 Å². The lowest BCUT2D eigenvalue weighted by Crippen LogP contribution is -2.49. The minimum absolute atomic E-state index is 0.308. The van der Waals surface area contributed by atoms with Gasteiger partial charge < -0.3 is 10.4 Å². The number of amides is 1. The molecule has 2 rings (SSSR count). The van der Waals surface area contributed by atoms with Crippen LogP contribution in [0.1, 0.15) is 24.8 Å². The van der Waals surface area contributed by atoms with Gasteiger partial charge in [-0.25, -0.2) is 4.79 Å². The van der Waals surface area contributed by atoms with Gasteiger partial charge in [0.05, 0.1) is 0 Å². The Bertz CT molecular complexity index is 676. The fourth-order valence-electron chi connectivity index (χ4n) is 2.69. The quantitative estimate of drug-likeness (QED) is 0.618. The Kier molecular flexibility index (Phi) is 5.40. The molecule has 1 saturated carbocycles. The molecule has 0 aliphatic heterocycles. The Morgan fingerprint density at radius 1 is 1.35 bits per heavy atom. The van der Waals surface area contributed by atoms with E-state index in [0.29, 0.717) is 30.7 Å². The van der Waals surface area contributed by atoms with E-state index in [-0.39, 0.29) is 0 Å². The molecule has 0 radical (unpaired) electrons. The van der Waals surface area contributed by atoms with Gasteiger partial charge in [0.2, 0.25) is 6.41 Å². The fourth-order valence-corrected chi connectivity index (χ4v) is 2.82. The number of carbonyl (C=O) groups is 2. The molecule has 0 saturated heterocycles. The first-order chi connectivity index (χ1) is 11.0. The largest absolute Gasteiger partial charge is 0.479 e. The van der Waals surface area contributed by atoms with Gasteiger partial charge in [0.25, 0.3) is 0 Å². The van der Waals surface area contributed by atoms with Crippen LogP contribution < -0.4 is 5.32 Å². The Hall–Kier alpha value is -2.33. The van der Waals surface area contributed by atoms with Gasteiger partial charge in [-0.15, -0.1) is 0 Å². The lowest BCUT2D eigenvalue weighted by atomic mass is 9.97. The van der Waals surface area contributed by atoms with Crippen molar-refractivity contribution in [3.63, 3.8) is 0 Å². The molecule has 1 aliphatic rings. The smallest absolute Gasteiger partial charge is 0.329 e. The number of halogens is 1. The van der Waals surface area contributed by atoms with Crippen molar-refractivity contribution in [3.05, 3.63) is 65.2 Å². The van der Waals surface area contributed by atoms with Crippen LogP contribution in [0.25, 0.3) is 5.57 Å². The molecule has 0 heterocycles. The Morgan fingerprint density at radius 3 is 2.61 bits per heavy atom.